The van der Waals surface area contributed by atoms with Gasteiger partial charge in [-0.25, -0.2) is 4.98 Å². The smallest absolute Gasteiger partial charge is 0.233 e. The quantitative estimate of drug-likeness (QED) is 0.824. The molecule has 5 heteroatoms. The van der Waals surface area contributed by atoms with Crippen LogP contribution in [0.4, 0.5) is 0 Å². The van der Waals surface area contributed by atoms with Gasteiger partial charge in [0, 0.05) is 30.1 Å². The van der Waals surface area contributed by atoms with Crippen LogP contribution in [0.15, 0.2) is 5.38 Å². The summed E-state index contributed by atoms with van der Waals surface area (Å²) in [5, 5.41) is 9.37. The van der Waals surface area contributed by atoms with Crippen molar-refractivity contribution in [2.45, 2.75) is 45.1 Å². The largest absolute Gasteiger partial charge is 0.355 e. The number of amides is 1. The van der Waals surface area contributed by atoms with Gasteiger partial charge in [0.25, 0.3) is 0 Å². The van der Waals surface area contributed by atoms with Crippen LogP contribution in [0.1, 0.15) is 36.4 Å². The molecule has 0 spiro atoms. The second-order valence-corrected chi connectivity index (χ2v) is 5.79. The predicted molar refractivity (Wildman–Crippen MR) is 73.8 cm³/mol. The molecule has 0 bridgehead atoms. The van der Waals surface area contributed by atoms with Gasteiger partial charge >= 0.3 is 0 Å². The molecule has 1 aromatic rings. The lowest BCUT2D eigenvalue weighted by Crippen LogP contribution is -2.38. The molecule has 0 radical (unpaired) electrons. The van der Waals surface area contributed by atoms with Crippen molar-refractivity contribution in [3.05, 3.63) is 16.1 Å². The molecule has 0 aliphatic heterocycles. The highest BCUT2D eigenvalue weighted by molar-refractivity contribution is 7.09. The Morgan fingerprint density at radius 2 is 2.28 bits per heavy atom. The molecule has 4 nitrogen and oxygen atoms in total. The van der Waals surface area contributed by atoms with Gasteiger partial charge in [0.15, 0.2) is 0 Å². The topological polar surface area (TPSA) is 54.0 Å². The fourth-order valence-electron chi connectivity index (χ4n) is 2.26. The van der Waals surface area contributed by atoms with Crippen LogP contribution in [0.5, 0.6) is 0 Å². The maximum absolute atomic E-state index is 11.6. The minimum Gasteiger partial charge on any atom is -0.355 e. The van der Waals surface area contributed by atoms with Crippen molar-refractivity contribution < 1.29 is 4.79 Å². The van der Waals surface area contributed by atoms with Crippen molar-refractivity contribution in [1.82, 2.24) is 15.6 Å². The maximum atomic E-state index is 11.6. The number of nitrogens with zero attached hydrogens (tertiary/aromatic N) is 1. The summed E-state index contributed by atoms with van der Waals surface area (Å²) < 4.78 is 0. The molecule has 1 saturated carbocycles. The molecule has 18 heavy (non-hydrogen) atoms. The lowest BCUT2D eigenvalue weighted by atomic mass is 10.2. The Hall–Kier alpha value is -0.940. The fraction of sp³-hybridized carbons (Fsp3) is 0.692. The van der Waals surface area contributed by atoms with Gasteiger partial charge in [-0.1, -0.05) is 12.8 Å². The van der Waals surface area contributed by atoms with E-state index in [1.54, 1.807) is 11.3 Å². The molecular formula is C13H21N3OS. The van der Waals surface area contributed by atoms with Crippen LogP contribution in [0.3, 0.4) is 0 Å². The third kappa shape index (κ3) is 4.38. The Kier molecular flexibility index (Phi) is 5.13. The van der Waals surface area contributed by atoms with Crippen LogP contribution in [0, 0.1) is 6.92 Å². The first kappa shape index (κ1) is 13.5. The molecule has 1 fully saturated rings. The minimum absolute atomic E-state index is 0.0928. The third-order valence-electron chi connectivity index (χ3n) is 3.23. The third-order valence-corrected chi connectivity index (χ3v) is 4.26. The number of thiazole rings is 1. The molecule has 2 N–H and O–H groups in total. The number of aromatic nitrogens is 1. The fourth-order valence-corrected chi connectivity index (χ4v) is 3.03. The summed E-state index contributed by atoms with van der Waals surface area (Å²) >= 11 is 1.66. The monoisotopic (exact) mass is 267 g/mol. The standard InChI is InChI=1S/C13H21N3OS/c1-10-9-18-13(16-10)6-7-14-12(17)8-15-11-4-2-3-5-11/h9,11,15H,2-8H2,1H3,(H,14,17). The average Bonchev–Trinajstić information content (AvgIpc) is 2.98. The van der Waals surface area contributed by atoms with Gasteiger partial charge in [-0.05, 0) is 19.8 Å². The van der Waals surface area contributed by atoms with Gasteiger partial charge in [0.05, 0.1) is 11.6 Å². The second kappa shape index (κ2) is 6.85. The van der Waals surface area contributed by atoms with Gasteiger partial charge in [-0.3, -0.25) is 4.79 Å². The zero-order chi connectivity index (χ0) is 12.8. The molecule has 1 aliphatic carbocycles. The average molecular weight is 267 g/mol. The molecule has 100 valence electrons. The second-order valence-electron chi connectivity index (χ2n) is 4.84. The van der Waals surface area contributed by atoms with E-state index >= 15 is 0 Å². The van der Waals surface area contributed by atoms with E-state index in [1.807, 2.05) is 12.3 Å². The highest BCUT2D eigenvalue weighted by Crippen LogP contribution is 2.17. The van der Waals surface area contributed by atoms with Crippen molar-refractivity contribution in [1.29, 1.82) is 0 Å². The summed E-state index contributed by atoms with van der Waals surface area (Å²) in [5.41, 5.74) is 1.06. The van der Waals surface area contributed by atoms with Crippen LogP contribution >= 0.6 is 11.3 Å². The summed E-state index contributed by atoms with van der Waals surface area (Å²) in [7, 11) is 0. The highest BCUT2D eigenvalue weighted by atomic mass is 32.1. The van der Waals surface area contributed by atoms with Crippen LogP contribution in [-0.2, 0) is 11.2 Å². The van der Waals surface area contributed by atoms with Crippen LogP contribution in [0.2, 0.25) is 0 Å². The summed E-state index contributed by atoms with van der Waals surface area (Å²) in [6.45, 7) is 3.11. The van der Waals surface area contributed by atoms with Gasteiger partial charge in [0.2, 0.25) is 5.91 Å². The Bertz CT molecular complexity index is 385. The first-order chi connectivity index (χ1) is 8.74. The molecule has 1 aliphatic rings. The van der Waals surface area contributed by atoms with Gasteiger partial charge in [-0.15, -0.1) is 11.3 Å². The van der Waals surface area contributed by atoms with Crippen LogP contribution in [-0.4, -0.2) is 30.0 Å². The number of hydrogen-bond acceptors (Lipinski definition) is 4. The molecule has 0 atom stereocenters. The lowest BCUT2D eigenvalue weighted by Gasteiger charge is -2.11. The molecule has 0 aromatic carbocycles. The summed E-state index contributed by atoms with van der Waals surface area (Å²) in [5.74, 6) is 0.0928. The number of rotatable bonds is 6. The van der Waals surface area contributed by atoms with Gasteiger partial charge in [-0.2, -0.15) is 0 Å². The highest BCUT2D eigenvalue weighted by Gasteiger charge is 2.14. The molecule has 2 rings (SSSR count). The first-order valence-electron chi connectivity index (χ1n) is 6.65. The van der Waals surface area contributed by atoms with Crippen LogP contribution < -0.4 is 10.6 Å². The number of nitrogens with one attached hydrogen (secondary N) is 2. The first-order valence-corrected chi connectivity index (χ1v) is 7.53. The summed E-state index contributed by atoms with van der Waals surface area (Å²) in [6.07, 6.45) is 5.84. The van der Waals surface area contributed by atoms with Gasteiger partial charge in [0.1, 0.15) is 0 Å². The van der Waals surface area contributed by atoms with E-state index in [0.717, 1.165) is 17.1 Å². The number of aryl methyl sites for hydroxylation is 1. The number of carbonyl (C=O) groups is 1. The lowest BCUT2D eigenvalue weighted by molar-refractivity contribution is -0.120. The van der Waals surface area contributed by atoms with Crippen molar-refractivity contribution in [2.75, 3.05) is 13.1 Å². The maximum Gasteiger partial charge on any atom is 0.233 e. The van der Waals surface area contributed by atoms with E-state index in [-0.39, 0.29) is 5.91 Å². The SMILES string of the molecule is Cc1csc(CCNC(=O)CNC2CCCC2)n1. The predicted octanol–water partition coefficient (Wildman–Crippen LogP) is 1.64. The zero-order valence-electron chi connectivity index (χ0n) is 10.9. The van der Waals surface area contributed by atoms with E-state index in [0.29, 0.717) is 19.1 Å². The number of hydrogen-bond donors (Lipinski definition) is 2. The van der Waals surface area contributed by atoms with E-state index in [2.05, 4.69) is 15.6 Å². The Labute approximate surface area is 112 Å². The Balaban J connectivity index is 1.57. The molecule has 1 heterocycles. The summed E-state index contributed by atoms with van der Waals surface area (Å²) in [6, 6.07) is 0.553. The van der Waals surface area contributed by atoms with E-state index in [9.17, 15) is 4.79 Å². The zero-order valence-corrected chi connectivity index (χ0v) is 11.7. The van der Waals surface area contributed by atoms with Crippen molar-refractivity contribution >= 4 is 17.2 Å². The van der Waals surface area contributed by atoms with Crippen molar-refractivity contribution in [3.63, 3.8) is 0 Å². The van der Waals surface area contributed by atoms with Crippen molar-refractivity contribution in [3.8, 4) is 0 Å². The summed E-state index contributed by atoms with van der Waals surface area (Å²) in [4.78, 5) is 16.0. The molecule has 1 aromatic heterocycles. The van der Waals surface area contributed by atoms with E-state index < -0.39 is 0 Å². The van der Waals surface area contributed by atoms with Gasteiger partial charge < -0.3 is 10.6 Å². The van der Waals surface area contributed by atoms with E-state index in [4.69, 9.17) is 0 Å². The number of carbonyl (C=O) groups excluding carboxylic acids is 1. The Morgan fingerprint density at radius 1 is 1.50 bits per heavy atom. The van der Waals surface area contributed by atoms with Crippen LogP contribution in [0.25, 0.3) is 0 Å². The van der Waals surface area contributed by atoms with E-state index in [1.165, 1.54) is 25.7 Å². The van der Waals surface area contributed by atoms with Crippen molar-refractivity contribution in [2.24, 2.45) is 0 Å². The molecule has 0 saturated heterocycles. The Morgan fingerprint density at radius 3 is 2.94 bits per heavy atom. The molecule has 0 unspecified atom stereocenters. The normalized spacial score (nSPS) is 16.1. The molecule has 1 amide bonds. The molecular weight excluding hydrogens is 246 g/mol. The minimum atomic E-state index is 0.0928.